The van der Waals surface area contributed by atoms with Gasteiger partial charge in [0, 0.05) is 70.8 Å². The van der Waals surface area contributed by atoms with Crippen LogP contribution in [0.3, 0.4) is 0 Å². The molecule has 7 nitrogen and oxygen atoms in total. The van der Waals surface area contributed by atoms with Crippen LogP contribution in [0.1, 0.15) is 18.5 Å². The Balaban J connectivity index is 0.000000466. The highest BCUT2D eigenvalue weighted by atomic mass is 35.5. The number of benzene rings is 2. The lowest BCUT2D eigenvalue weighted by molar-refractivity contribution is -0.134. The second-order valence-electron chi connectivity index (χ2n) is 7.65. The zero-order valence-corrected chi connectivity index (χ0v) is 22.1. The summed E-state index contributed by atoms with van der Waals surface area (Å²) in [6.07, 6.45) is 1.12. The molecule has 0 radical (unpaired) electrons. The van der Waals surface area contributed by atoms with Gasteiger partial charge in [-0.15, -0.1) is 0 Å². The van der Waals surface area contributed by atoms with Crippen LogP contribution in [0.15, 0.2) is 58.3 Å². The molecule has 1 fully saturated rings. The van der Waals surface area contributed by atoms with Crippen LogP contribution in [-0.2, 0) is 9.59 Å². The molecule has 1 unspecified atom stereocenters. The van der Waals surface area contributed by atoms with Crippen molar-refractivity contribution in [3.63, 3.8) is 0 Å². The van der Waals surface area contributed by atoms with E-state index in [1.54, 1.807) is 17.8 Å². The molecule has 0 bridgehead atoms. The molecule has 1 saturated heterocycles. The third-order valence-corrected chi connectivity index (χ3v) is 7.34. The summed E-state index contributed by atoms with van der Waals surface area (Å²) >= 11 is 20.4. The molecule has 2 aromatic carbocycles. The maximum atomic E-state index is 9.55. The molecule has 0 saturated carbocycles. The highest BCUT2D eigenvalue weighted by Crippen LogP contribution is 2.40. The maximum Gasteiger partial charge on any atom is 0.328 e. The number of halogens is 3. The van der Waals surface area contributed by atoms with E-state index < -0.39 is 11.9 Å². The average Bonchev–Trinajstić information content (AvgIpc) is 2.82. The number of carboxylic acids is 2. The molecule has 11 heteroatoms. The van der Waals surface area contributed by atoms with Gasteiger partial charge in [0.05, 0.1) is 11.6 Å². The van der Waals surface area contributed by atoms with Crippen molar-refractivity contribution in [2.24, 2.45) is 0 Å². The zero-order valence-electron chi connectivity index (χ0n) is 19.0. The molecule has 3 N–H and O–H groups in total. The van der Waals surface area contributed by atoms with E-state index in [0.717, 1.165) is 47.5 Å². The van der Waals surface area contributed by atoms with Crippen molar-refractivity contribution in [2.75, 3.05) is 39.3 Å². The van der Waals surface area contributed by atoms with Crippen LogP contribution in [0, 0.1) is 0 Å². The van der Waals surface area contributed by atoms with Crippen molar-refractivity contribution in [2.45, 2.75) is 22.8 Å². The Morgan fingerprint density at radius 1 is 0.943 bits per heavy atom. The number of aliphatic carboxylic acids is 2. The quantitative estimate of drug-likeness (QED) is 0.379. The predicted octanol–water partition coefficient (Wildman–Crippen LogP) is 5.18. The maximum absolute atomic E-state index is 9.55. The van der Waals surface area contributed by atoms with Gasteiger partial charge in [-0.2, -0.15) is 0 Å². The van der Waals surface area contributed by atoms with Crippen LogP contribution in [0.5, 0.6) is 0 Å². The summed E-state index contributed by atoms with van der Waals surface area (Å²) < 4.78 is 0. The summed E-state index contributed by atoms with van der Waals surface area (Å²) in [7, 11) is 0. The molecule has 1 aliphatic rings. The summed E-state index contributed by atoms with van der Waals surface area (Å²) in [5.74, 6) is -2.51. The van der Waals surface area contributed by atoms with Crippen molar-refractivity contribution >= 4 is 58.5 Å². The van der Waals surface area contributed by atoms with Gasteiger partial charge in [-0.25, -0.2) is 9.59 Å². The number of aliphatic hydroxyl groups excluding tert-OH is 1. The molecule has 1 aliphatic heterocycles. The Labute approximate surface area is 223 Å². The van der Waals surface area contributed by atoms with Gasteiger partial charge in [0.25, 0.3) is 0 Å². The van der Waals surface area contributed by atoms with Gasteiger partial charge in [-0.1, -0.05) is 46.6 Å². The average molecular weight is 562 g/mol. The van der Waals surface area contributed by atoms with Gasteiger partial charge >= 0.3 is 11.9 Å². The standard InChI is InChI=1S/C20H23Cl3N2OS.C4H4O4/c1-14(25-8-6-24(7-9-25)10-11-26)17-12-15(21)3-5-19(17)27-20-13-16(22)2-4-18(20)23;5-3(6)1-2-4(7)8/h2-5,12-14,26H,6-11H2,1H3;1-2H,(H,5,6)(H,7,8)/b;2-1-. The fourth-order valence-corrected chi connectivity index (χ4v) is 5.19. The van der Waals surface area contributed by atoms with E-state index in [1.165, 1.54) is 5.56 Å². The van der Waals surface area contributed by atoms with E-state index in [9.17, 15) is 9.59 Å². The van der Waals surface area contributed by atoms with Crippen molar-refractivity contribution < 1.29 is 24.9 Å². The number of β-amino-alcohol motifs (C(OH)–C–C–N with tert-alkyl or cyclic N) is 1. The Morgan fingerprint density at radius 3 is 2.09 bits per heavy atom. The summed E-state index contributed by atoms with van der Waals surface area (Å²) in [4.78, 5) is 25.9. The minimum absolute atomic E-state index is 0.213. The first-order valence-electron chi connectivity index (χ1n) is 10.7. The lowest BCUT2D eigenvalue weighted by Gasteiger charge is -2.38. The fraction of sp³-hybridized carbons (Fsp3) is 0.333. The van der Waals surface area contributed by atoms with Crippen LogP contribution in [-0.4, -0.2) is 76.4 Å². The molecule has 0 spiro atoms. The highest BCUT2D eigenvalue weighted by Gasteiger charge is 2.24. The summed E-state index contributed by atoms with van der Waals surface area (Å²) in [6.45, 7) is 7.04. The summed E-state index contributed by atoms with van der Waals surface area (Å²) in [5, 5.41) is 26.8. The van der Waals surface area contributed by atoms with Crippen molar-refractivity contribution in [1.82, 2.24) is 9.80 Å². The summed E-state index contributed by atoms with van der Waals surface area (Å²) in [5.41, 5.74) is 1.19. The van der Waals surface area contributed by atoms with Gasteiger partial charge in [0.1, 0.15) is 0 Å². The number of aliphatic hydroxyl groups is 1. The first-order chi connectivity index (χ1) is 16.6. The van der Waals surface area contributed by atoms with Gasteiger partial charge in [0.15, 0.2) is 0 Å². The Bertz CT molecular complexity index is 1030. The van der Waals surface area contributed by atoms with Gasteiger partial charge < -0.3 is 15.3 Å². The molecule has 0 aromatic heterocycles. The second kappa shape index (κ2) is 14.7. The van der Waals surface area contributed by atoms with E-state index in [1.807, 2.05) is 24.3 Å². The molecular formula is C24H27Cl3N2O5S. The number of hydrogen-bond donors (Lipinski definition) is 3. The highest BCUT2D eigenvalue weighted by molar-refractivity contribution is 7.99. The van der Waals surface area contributed by atoms with Crippen molar-refractivity contribution in [1.29, 1.82) is 0 Å². The first-order valence-corrected chi connectivity index (χ1v) is 12.7. The zero-order chi connectivity index (χ0) is 26.0. The van der Waals surface area contributed by atoms with E-state index in [-0.39, 0.29) is 12.6 Å². The van der Waals surface area contributed by atoms with E-state index in [2.05, 4.69) is 22.8 Å². The van der Waals surface area contributed by atoms with Gasteiger partial charge in [0.2, 0.25) is 0 Å². The van der Waals surface area contributed by atoms with E-state index >= 15 is 0 Å². The SMILES string of the molecule is CC(c1cc(Cl)ccc1Sc1cc(Cl)ccc1Cl)N1CCN(CCO)CC1.O=C(O)/C=C\C(=O)O. The fourth-order valence-electron chi connectivity index (χ4n) is 3.47. The Kier molecular flexibility index (Phi) is 12.4. The van der Waals surface area contributed by atoms with Crippen molar-refractivity contribution in [3.8, 4) is 0 Å². The van der Waals surface area contributed by atoms with Crippen LogP contribution in [0.4, 0.5) is 0 Å². The summed E-state index contributed by atoms with van der Waals surface area (Å²) in [6, 6.07) is 11.8. The number of piperazine rings is 1. The molecule has 3 rings (SSSR count). The third-order valence-electron chi connectivity index (χ3n) is 5.27. The molecule has 190 valence electrons. The third kappa shape index (κ3) is 10.0. The Morgan fingerprint density at radius 2 is 1.51 bits per heavy atom. The topological polar surface area (TPSA) is 101 Å². The molecule has 0 aliphatic carbocycles. The Hall–Kier alpha value is -1.78. The molecule has 35 heavy (non-hydrogen) atoms. The molecule has 2 aromatic rings. The van der Waals surface area contributed by atoms with Crippen LogP contribution < -0.4 is 0 Å². The predicted molar refractivity (Wildman–Crippen MR) is 140 cm³/mol. The number of carboxylic acid groups (broad SMARTS) is 2. The largest absolute Gasteiger partial charge is 0.478 e. The monoisotopic (exact) mass is 560 g/mol. The number of hydrogen-bond acceptors (Lipinski definition) is 6. The molecule has 1 atom stereocenters. The minimum Gasteiger partial charge on any atom is -0.478 e. The normalized spacial score (nSPS) is 15.5. The number of nitrogens with zero attached hydrogens (tertiary/aromatic N) is 2. The van der Waals surface area contributed by atoms with E-state index in [0.29, 0.717) is 22.2 Å². The lowest BCUT2D eigenvalue weighted by atomic mass is 10.1. The van der Waals surface area contributed by atoms with Gasteiger partial charge in [-0.3, -0.25) is 9.80 Å². The van der Waals surface area contributed by atoms with Crippen LogP contribution in [0.25, 0.3) is 0 Å². The van der Waals surface area contributed by atoms with E-state index in [4.69, 9.17) is 50.1 Å². The minimum atomic E-state index is -1.26. The second-order valence-corrected chi connectivity index (χ2v) is 10.0. The first kappa shape index (κ1) is 29.5. The number of carbonyl (C=O) groups is 2. The van der Waals surface area contributed by atoms with Gasteiger partial charge in [-0.05, 0) is 48.9 Å². The lowest BCUT2D eigenvalue weighted by Crippen LogP contribution is -2.47. The van der Waals surface area contributed by atoms with Crippen molar-refractivity contribution in [3.05, 3.63) is 69.2 Å². The van der Waals surface area contributed by atoms with Crippen LogP contribution in [0.2, 0.25) is 15.1 Å². The molecule has 0 amide bonds. The molecule has 1 heterocycles. The number of rotatable bonds is 8. The molecular weight excluding hydrogens is 535 g/mol. The van der Waals surface area contributed by atoms with Crippen LogP contribution >= 0.6 is 46.6 Å². The smallest absolute Gasteiger partial charge is 0.328 e.